The van der Waals surface area contributed by atoms with Gasteiger partial charge in [0.15, 0.2) is 0 Å². The van der Waals surface area contributed by atoms with Gasteiger partial charge in [0.25, 0.3) is 0 Å². The van der Waals surface area contributed by atoms with Crippen LogP contribution in [-0.2, 0) is 0 Å². The highest BCUT2D eigenvalue weighted by atomic mass is 16.4. The minimum Gasteiger partial charge on any atom is -0.478 e. The molecule has 2 N–H and O–H groups in total. The van der Waals surface area contributed by atoms with Crippen LogP contribution in [0.2, 0.25) is 0 Å². The van der Waals surface area contributed by atoms with Crippen molar-refractivity contribution in [2.75, 3.05) is 5.43 Å². The molecule has 0 aromatic heterocycles. The number of hydrogen-bond acceptors (Lipinski definition) is 3. The Balaban J connectivity index is 1.87. The van der Waals surface area contributed by atoms with Crippen molar-refractivity contribution in [3.63, 3.8) is 0 Å². The second kappa shape index (κ2) is 6.00. The lowest BCUT2D eigenvalue weighted by Gasteiger charge is -2.11. The quantitative estimate of drug-likeness (QED) is 0.486. The molecule has 1 aromatic carbocycles. The summed E-state index contributed by atoms with van der Waals surface area (Å²) in [6, 6.07) is 6.54. The second-order valence-corrected chi connectivity index (χ2v) is 4.32. The van der Waals surface area contributed by atoms with E-state index in [9.17, 15) is 4.79 Å². The van der Waals surface area contributed by atoms with Gasteiger partial charge in [-0.15, -0.1) is 0 Å². The van der Waals surface area contributed by atoms with Gasteiger partial charge in [0.1, 0.15) is 0 Å². The number of anilines is 1. The summed E-state index contributed by atoms with van der Waals surface area (Å²) in [5.74, 6) is -0.417. The van der Waals surface area contributed by atoms with Gasteiger partial charge in [-0.25, -0.2) is 4.79 Å². The van der Waals surface area contributed by atoms with E-state index in [1.165, 1.54) is 0 Å². The summed E-state index contributed by atoms with van der Waals surface area (Å²) in [4.78, 5) is 10.7. The minimum absolute atomic E-state index is 0.280. The summed E-state index contributed by atoms with van der Waals surface area (Å²) in [6.45, 7) is 0. The Hall–Kier alpha value is -2.10. The van der Waals surface area contributed by atoms with Crippen LogP contribution in [-0.4, -0.2) is 17.3 Å². The second-order valence-electron chi connectivity index (χ2n) is 4.32. The van der Waals surface area contributed by atoms with Crippen LogP contribution >= 0.6 is 0 Å². The number of hydrazone groups is 1. The SMILES string of the molecule is O=C(O)c1ccc(N/N=C\[C@H]2CC=CCC2)cc1. The highest BCUT2D eigenvalue weighted by molar-refractivity contribution is 5.88. The Morgan fingerprint density at radius 3 is 2.72 bits per heavy atom. The van der Waals surface area contributed by atoms with Crippen molar-refractivity contribution < 1.29 is 9.90 Å². The fraction of sp³-hybridized carbons (Fsp3) is 0.286. The normalized spacial score (nSPS) is 19.0. The smallest absolute Gasteiger partial charge is 0.335 e. The Kier molecular flexibility index (Phi) is 4.12. The van der Waals surface area contributed by atoms with Crippen molar-refractivity contribution >= 4 is 17.9 Å². The molecule has 0 radical (unpaired) electrons. The number of nitrogens with zero attached hydrogens (tertiary/aromatic N) is 1. The van der Waals surface area contributed by atoms with E-state index in [0.717, 1.165) is 24.9 Å². The molecule has 18 heavy (non-hydrogen) atoms. The third-order valence-electron chi connectivity index (χ3n) is 2.92. The van der Waals surface area contributed by atoms with E-state index in [1.807, 2.05) is 6.21 Å². The fourth-order valence-corrected chi connectivity index (χ4v) is 1.86. The van der Waals surface area contributed by atoms with Crippen molar-refractivity contribution in [3.05, 3.63) is 42.0 Å². The number of carboxylic acid groups (broad SMARTS) is 1. The molecule has 0 saturated carbocycles. The van der Waals surface area contributed by atoms with Gasteiger partial charge in [-0.1, -0.05) is 12.2 Å². The van der Waals surface area contributed by atoms with Crippen LogP contribution in [0.3, 0.4) is 0 Å². The highest BCUT2D eigenvalue weighted by Gasteiger charge is 2.06. The molecule has 1 aromatic rings. The standard InChI is InChI=1S/C14H16N2O2/c17-14(18)12-6-8-13(9-7-12)16-15-10-11-4-2-1-3-5-11/h1-2,6-11,16H,3-5H2,(H,17,18)/b15-10-/t11-/m0/s1. The van der Waals surface area contributed by atoms with Gasteiger partial charge >= 0.3 is 5.97 Å². The summed E-state index contributed by atoms with van der Waals surface area (Å²) >= 11 is 0. The zero-order chi connectivity index (χ0) is 12.8. The van der Waals surface area contributed by atoms with Gasteiger partial charge in [0, 0.05) is 6.21 Å². The van der Waals surface area contributed by atoms with Crippen LogP contribution in [0.5, 0.6) is 0 Å². The molecule has 0 unspecified atom stereocenters. The van der Waals surface area contributed by atoms with Gasteiger partial charge < -0.3 is 5.11 Å². The number of aromatic carboxylic acids is 1. The summed E-state index contributed by atoms with van der Waals surface area (Å²) < 4.78 is 0. The van der Waals surface area contributed by atoms with Crippen LogP contribution in [0, 0.1) is 5.92 Å². The van der Waals surface area contributed by atoms with Gasteiger partial charge in [-0.2, -0.15) is 5.10 Å². The molecule has 0 fully saturated rings. The van der Waals surface area contributed by atoms with Crippen LogP contribution in [0.25, 0.3) is 0 Å². The van der Waals surface area contributed by atoms with E-state index >= 15 is 0 Å². The Labute approximate surface area is 106 Å². The number of carbonyl (C=O) groups is 1. The Morgan fingerprint density at radius 1 is 1.33 bits per heavy atom. The van der Waals surface area contributed by atoms with Gasteiger partial charge in [-0.3, -0.25) is 5.43 Å². The molecule has 0 aliphatic heterocycles. The molecular weight excluding hydrogens is 228 g/mol. The van der Waals surface area contributed by atoms with E-state index in [-0.39, 0.29) is 5.56 Å². The zero-order valence-electron chi connectivity index (χ0n) is 10.0. The lowest BCUT2D eigenvalue weighted by Crippen LogP contribution is -2.05. The number of rotatable bonds is 4. The maximum atomic E-state index is 10.7. The molecule has 1 aliphatic carbocycles. The molecule has 0 bridgehead atoms. The van der Waals surface area contributed by atoms with Crippen LogP contribution in [0.4, 0.5) is 5.69 Å². The van der Waals surface area contributed by atoms with Crippen molar-refractivity contribution in [1.29, 1.82) is 0 Å². The number of benzene rings is 1. The first kappa shape index (κ1) is 12.4. The maximum absolute atomic E-state index is 10.7. The molecule has 0 heterocycles. The summed E-state index contributed by atoms with van der Waals surface area (Å²) in [5.41, 5.74) is 3.98. The number of allylic oxidation sites excluding steroid dienone is 2. The van der Waals surface area contributed by atoms with E-state index in [0.29, 0.717) is 5.92 Å². The lowest BCUT2D eigenvalue weighted by molar-refractivity contribution is 0.0697. The van der Waals surface area contributed by atoms with E-state index < -0.39 is 5.97 Å². The molecule has 0 amide bonds. The first-order chi connectivity index (χ1) is 8.75. The first-order valence-corrected chi connectivity index (χ1v) is 6.03. The molecule has 94 valence electrons. The monoisotopic (exact) mass is 244 g/mol. The molecule has 4 heteroatoms. The van der Waals surface area contributed by atoms with Gasteiger partial charge in [0.2, 0.25) is 0 Å². The van der Waals surface area contributed by atoms with Crippen LogP contribution < -0.4 is 5.43 Å². The molecule has 0 saturated heterocycles. The summed E-state index contributed by atoms with van der Waals surface area (Å²) in [7, 11) is 0. The van der Waals surface area contributed by atoms with Gasteiger partial charge in [-0.05, 0) is 49.4 Å². The molecule has 1 aliphatic rings. The Bertz CT molecular complexity index is 463. The molecule has 2 rings (SSSR count). The summed E-state index contributed by atoms with van der Waals surface area (Å²) in [6.07, 6.45) is 9.60. The summed E-state index contributed by atoms with van der Waals surface area (Å²) in [5, 5.41) is 12.9. The number of carboxylic acids is 1. The zero-order valence-corrected chi connectivity index (χ0v) is 10.0. The molecule has 0 spiro atoms. The molecule has 4 nitrogen and oxygen atoms in total. The lowest BCUT2D eigenvalue weighted by atomic mass is 9.96. The minimum atomic E-state index is -0.918. The third kappa shape index (κ3) is 3.45. The highest BCUT2D eigenvalue weighted by Crippen LogP contribution is 2.16. The largest absolute Gasteiger partial charge is 0.478 e. The third-order valence-corrected chi connectivity index (χ3v) is 2.92. The van der Waals surface area contributed by atoms with Gasteiger partial charge in [0.05, 0.1) is 11.3 Å². The number of hydrogen-bond donors (Lipinski definition) is 2. The Morgan fingerprint density at radius 2 is 2.11 bits per heavy atom. The first-order valence-electron chi connectivity index (χ1n) is 6.03. The maximum Gasteiger partial charge on any atom is 0.335 e. The van der Waals surface area contributed by atoms with Crippen molar-refractivity contribution in [2.45, 2.75) is 19.3 Å². The van der Waals surface area contributed by atoms with Crippen LogP contribution in [0.15, 0.2) is 41.5 Å². The van der Waals surface area contributed by atoms with E-state index in [4.69, 9.17) is 5.11 Å². The average molecular weight is 244 g/mol. The van der Waals surface area contributed by atoms with Crippen LogP contribution in [0.1, 0.15) is 29.6 Å². The molecular formula is C14H16N2O2. The molecule has 1 atom stereocenters. The topological polar surface area (TPSA) is 61.7 Å². The predicted octanol–water partition coefficient (Wildman–Crippen LogP) is 3.14. The van der Waals surface area contributed by atoms with Crippen molar-refractivity contribution in [2.24, 2.45) is 11.0 Å². The van der Waals surface area contributed by atoms with Crippen molar-refractivity contribution in [3.8, 4) is 0 Å². The fourth-order valence-electron chi connectivity index (χ4n) is 1.86. The predicted molar refractivity (Wildman–Crippen MR) is 72.0 cm³/mol. The van der Waals surface area contributed by atoms with E-state index in [1.54, 1.807) is 24.3 Å². The van der Waals surface area contributed by atoms with E-state index in [2.05, 4.69) is 22.7 Å². The number of nitrogens with one attached hydrogen (secondary N) is 1. The van der Waals surface area contributed by atoms with Crippen molar-refractivity contribution in [1.82, 2.24) is 0 Å². The average Bonchev–Trinajstić information content (AvgIpc) is 2.40.